The van der Waals surface area contributed by atoms with E-state index >= 15 is 0 Å². The molecule has 2 heterocycles. The van der Waals surface area contributed by atoms with Crippen molar-refractivity contribution in [1.82, 2.24) is 14.8 Å². The van der Waals surface area contributed by atoms with E-state index in [0.717, 1.165) is 10.6 Å². The fourth-order valence-electron chi connectivity index (χ4n) is 1.78. The summed E-state index contributed by atoms with van der Waals surface area (Å²) in [5, 5.41) is 4.22. The number of carbonyl (C=O) groups is 1. The van der Waals surface area contributed by atoms with E-state index in [9.17, 15) is 4.79 Å². The van der Waals surface area contributed by atoms with Crippen LogP contribution in [-0.2, 0) is 6.42 Å². The molecule has 0 aliphatic carbocycles. The molecule has 94 valence electrons. The van der Waals surface area contributed by atoms with Crippen molar-refractivity contribution in [3.63, 3.8) is 0 Å². The van der Waals surface area contributed by atoms with Gasteiger partial charge >= 0.3 is 0 Å². The van der Waals surface area contributed by atoms with Gasteiger partial charge in [-0.3, -0.25) is 9.78 Å². The molecule has 0 amide bonds. The van der Waals surface area contributed by atoms with E-state index < -0.39 is 0 Å². The van der Waals surface area contributed by atoms with Crippen LogP contribution in [0.4, 0.5) is 0 Å². The predicted octanol–water partition coefficient (Wildman–Crippen LogP) is 2.75. The van der Waals surface area contributed by atoms with Gasteiger partial charge < -0.3 is 0 Å². The van der Waals surface area contributed by atoms with Gasteiger partial charge in [-0.25, -0.2) is 4.68 Å². The highest BCUT2D eigenvalue weighted by atomic mass is 32.1. The molecule has 4 nitrogen and oxygen atoms in total. The highest BCUT2D eigenvalue weighted by molar-refractivity contribution is 7.09. The molecule has 0 atom stereocenters. The van der Waals surface area contributed by atoms with Crippen molar-refractivity contribution in [2.24, 2.45) is 0 Å². The van der Waals surface area contributed by atoms with Crippen LogP contribution < -0.4 is 0 Å². The van der Waals surface area contributed by atoms with Crippen molar-refractivity contribution < 1.29 is 4.79 Å². The van der Waals surface area contributed by atoms with Crippen molar-refractivity contribution in [2.45, 2.75) is 6.42 Å². The highest BCUT2D eigenvalue weighted by Crippen LogP contribution is 2.12. The van der Waals surface area contributed by atoms with E-state index in [0.29, 0.717) is 12.0 Å². The lowest BCUT2D eigenvalue weighted by Crippen LogP contribution is -2.01. The number of para-hydroxylation sites is 1. The number of hydrogen-bond donors (Lipinski definition) is 0. The number of ketones is 1. The van der Waals surface area contributed by atoms with Crippen LogP contribution in [0.2, 0.25) is 0 Å². The van der Waals surface area contributed by atoms with E-state index in [2.05, 4.69) is 10.1 Å². The van der Waals surface area contributed by atoms with E-state index in [1.807, 2.05) is 30.3 Å². The van der Waals surface area contributed by atoms with Crippen LogP contribution in [0.3, 0.4) is 0 Å². The maximum Gasteiger partial charge on any atom is 0.171 e. The van der Waals surface area contributed by atoms with E-state index in [4.69, 9.17) is 0 Å². The number of nitrogens with zero attached hydrogens (tertiary/aromatic N) is 3. The van der Waals surface area contributed by atoms with Crippen LogP contribution in [0.1, 0.15) is 15.2 Å². The van der Waals surface area contributed by atoms with Gasteiger partial charge in [-0.05, 0) is 12.1 Å². The molecule has 0 aliphatic heterocycles. The molecule has 0 N–H and O–H groups in total. The van der Waals surface area contributed by atoms with Gasteiger partial charge in [0.25, 0.3) is 0 Å². The minimum absolute atomic E-state index is 0.0615. The van der Waals surface area contributed by atoms with E-state index in [1.165, 1.54) is 11.3 Å². The Morgan fingerprint density at radius 3 is 2.79 bits per heavy atom. The Kier molecular flexibility index (Phi) is 3.20. The Hall–Kier alpha value is -2.27. The summed E-state index contributed by atoms with van der Waals surface area (Å²) in [5.41, 5.74) is 3.30. The van der Waals surface area contributed by atoms with Crippen LogP contribution in [0, 0.1) is 0 Å². The molecule has 19 heavy (non-hydrogen) atoms. The molecule has 3 rings (SSSR count). The maximum atomic E-state index is 12.1. The molecule has 1 aromatic carbocycles. The molecule has 0 radical (unpaired) electrons. The first kappa shape index (κ1) is 11.8. The first-order valence-electron chi connectivity index (χ1n) is 5.83. The zero-order valence-electron chi connectivity index (χ0n) is 10.1. The van der Waals surface area contributed by atoms with Gasteiger partial charge in [0.05, 0.1) is 23.0 Å². The smallest absolute Gasteiger partial charge is 0.171 e. The zero-order chi connectivity index (χ0) is 13.1. The van der Waals surface area contributed by atoms with Gasteiger partial charge in [-0.1, -0.05) is 18.2 Å². The summed E-state index contributed by atoms with van der Waals surface area (Å²) in [4.78, 5) is 17.0. The van der Waals surface area contributed by atoms with Crippen molar-refractivity contribution in [2.75, 3.05) is 0 Å². The lowest BCUT2D eigenvalue weighted by Gasteiger charge is -1.98. The third-order valence-electron chi connectivity index (χ3n) is 2.74. The molecule has 0 aliphatic rings. The van der Waals surface area contributed by atoms with Crippen LogP contribution in [0.25, 0.3) is 5.69 Å². The average molecular weight is 269 g/mol. The number of aromatic nitrogens is 3. The largest absolute Gasteiger partial charge is 0.294 e. The van der Waals surface area contributed by atoms with Crippen molar-refractivity contribution in [1.29, 1.82) is 0 Å². The minimum Gasteiger partial charge on any atom is -0.294 e. The molecule has 0 fully saturated rings. The Morgan fingerprint density at radius 2 is 2.05 bits per heavy atom. The predicted molar refractivity (Wildman–Crippen MR) is 73.7 cm³/mol. The number of benzene rings is 1. The van der Waals surface area contributed by atoms with Gasteiger partial charge in [0.2, 0.25) is 0 Å². The molecule has 0 bridgehead atoms. The molecular formula is C14H11N3OS. The average Bonchev–Trinajstić information content (AvgIpc) is 3.10. The number of rotatable bonds is 4. The lowest BCUT2D eigenvalue weighted by molar-refractivity contribution is 0.0994. The van der Waals surface area contributed by atoms with Gasteiger partial charge in [-0.2, -0.15) is 5.10 Å². The van der Waals surface area contributed by atoms with Crippen LogP contribution >= 0.6 is 11.3 Å². The quantitative estimate of drug-likeness (QED) is 0.684. The van der Waals surface area contributed by atoms with E-state index in [1.54, 1.807) is 28.8 Å². The first-order chi connectivity index (χ1) is 9.33. The van der Waals surface area contributed by atoms with Crippen molar-refractivity contribution in [3.8, 4) is 5.69 Å². The Balaban J connectivity index is 1.80. The standard InChI is InChI=1S/C14H11N3OS/c18-14(6-13-8-15-10-19-13)11-7-16-17(9-11)12-4-2-1-3-5-12/h1-5,7-10H,6H2. The summed E-state index contributed by atoms with van der Waals surface area (Å²) in [5.74, 6) is 0.0615. The Labute approximate surface area is 114 Å². The van der Waals surface area contributed by atoms with Crippen molar-refractivity contribution in [3.05, 3.63) is 64.9 Å². The van der Waals surface area contributed by atoms with Gasteiger partial charge in [0.1, 0.15) is 0 Å². The highest BCUT2D eigenvalue weighted by Gasteiger charge is 2.11. The molecule has 0 saturated heterocycles. The van der Waals surface area contributed by atoms with Crippen LogP contribution in [0.15, 0.2) is 54.4 Å². The van der Waals surface area contributed by atoms with Crippen LogP contribution in [-0.4, -0.2) is 20.5 Å². The molecule has 3 aromatic rings. The molecule has 0 unspecified atom stereocenters. The molecule has 0 spiro atoms. The zero-order valence-corrected chi connectivity index (χ0v) is 10.9. The number of Topliss-reactive ketones (excluding diaryl/α,β-unsaturated/α-hetero) is 1. The fourth-order valence-corrected chi connectivity index (χ4v) is 2.37. The second kappa shape index (κ2) is 5.16. The van der Waals surface area contributed by atoms with Gasteiger partial charge in [0.15, 0.2) is 5.78 Å². The molecule has 0 saturated carbocycles. The third kappa shape index (κ3) is 2.61. The summed E-state index contributed by atoms with van der Waals surface area (Å²) in [6.07, 6.45) is 5.48. The summed E-state index contributed by atoms with van der Waals surface area (Å²) in [7, 11) is 0. The first-order valence-corrected chi connectivity index (χ1v) is 6.71. The fraction of sp³-hybridized carbons (Fsp3) is 0.0714. The van der Waals surface area contributed by atoms with E-state index in [-0.39, 0.29) is 5.78 Å². The summed E-state index contributed by atoms with van der Waals surface area (Å²) >= 11 is 1.49. The molecular weight excluding hydrogens is 258 g/mol. The van der Waals surface area contributed by atoms with Crippen LogP contribution in [0.5, 0.6) is 0 Å². The normalized spacial score (nSPS) is 10.5. The topological polar surface area (TPSA) is 47.8 Å². The second-order valence-electron chi connectivity index (χ2n) is 4.08. The Bertz CT molecular complexity index is 674. The molecule has 2 aromatic heterocycles. The van der Waals surface area contributed by atoms with Gasteiger partial charge in [-0.15, -0.1) is 11.3 Å². The second-order valence-corrected chi connectivity index (χ2v) is 5.05. The minimum atomic E-state index is 0.0615. The SMILES string of the molecule is O=C(Cc1cncs1)c1cnn(-c2ccccc2)c1. The summed E-state index contributed by atoms with van der Waals surface area (Å²) in [6.45, 7) is 0. The Morgan fingerprint density at radius 1 is 1.21 bits per heavy atom. The van der Waals surface area contributed by atoms with Gasteiger partial charge in [0, 0.05) is 23.7 Å². The summed E-state index contributed by atoms with van der Waals surface area (Å²) in [6, 6.07) is 9.73. The molecule has 5 heteroatoms. The van der Waals surface area contributed by atoms with Crippen molar-refractivity contribution >= 4 is 17.1 Å². The monoisotopic (exact) mass is 269 g/mol. The maximum absolute atomic E-state index is 12.1. The lowest BCUT2D eigenvalue weighted by atomic mass is 10.1. The number of thiazole rings is 1. The number of carbonyl (C=O) groups excluding carboxylic acids is 1. The number of hydrogen-bond acceptors (Lipinski definition) is 4. The third-order valence-corrected chi connectivity index (χ3v) is 3.52. The summed E-state index contributed by atoms with van der Waals surface area (Å²) < 4.78 is 1.71.